The van der Waals surface area contributed by atoms with Gasteiger partial charge < -0.3 is 5.32 Å². The number of imide groups is 1. The molecule has 4 nitrogen and oxygen atoms in total. The molecule has 1 saturated heterocycles. The molecule has 1 heterocycles. The summed E-state index contributed by atoms with van der Waals surface area (Å²) in [5.41, 5.74) is 1.04. The number of benzene rings is 1. The molecule has 0 aliphatic carbocycles. The normalized spacial score (nSPS) is 17.8. The van der Waals surface area contributed by atoms with Crippen molar-refractivity contribution in [3.63, 3.8) is 0 Å². The van der Waals surface area contributed by atoms with Gasteiger partial charge in [0.1, 0.15) is 5.70 Å². The number of halogens is 1. The van der Waals surface area contributed by atoms with Gasteiger partial charge in [0.05, 0.1) is 0 Å². The first-order chi connectivity index (χ1) is 7.15. The van der Waals surface area contributed by atoms with E-state index < -0.39 is 11.9 Å². The number of hydrogen-bond donors (Lipinski definition) is 2. The summed E-state index contributed by atoms with van der Waals surface area (Å²) >= 11 is 5.71. The van der Waals surface area contributed by atoms with Crippen LogP contribution >= 0.6 is 11.6 Å². The standard InChI is InChI=1S/C10H7ClN2O2/c11-7-3-1-6(2-4-7)5-8-9(14)13-10(15)12-8/h1-5H,(H2,12,13,14,15)/b8-5-. The quantitative estimate of drug-likeness (QED) is 0.559. The van der Waals surface area contributed by atoms with Crippen LogP contribution in [-0.2, 0) is 4.79 Å². The second-order valence-corrected chi connectivity index (χ2v) is 3.45. The predicted molar refractivity (Wildman–Crippen MR) is 56.1 cm³/mol. The highest BCUT2D eigenvalue weighted by Gasteiger charge is 2.22. The molecule has 76 valence electrons. The van der Waals surface area contributed by atoms with Crippen LogP contribution in [0.2, 0.25) is 5.02 Å². The highest BCUT2D eigenvalue weighted by molar-refractivity contribution is 6.30. The molecule has 15 heavy (non-hydrogen) atoms. The van der Waals surface area contributed by atoms with Crippen LogP contribution in [0.3, 0.4) is 0 Å². The smallest absolute Gasteiger partial charge is 0.303 e. The van der Waals surface area contributed by atoms with Crippen molar-refractivity contribution in [3.8, 4) is 0 Å². The zero-order chi connectivity index (χ0) is 10.8. The van der Waals surface area contributed by atoms with Gasteiger partial charge in [-0.1, -0.05) is 23.7 Å². The van der Waals surface area contributed by atoms with Gasteiger partial charge in [-0.05, 0) is 23.8 Å². The molecular weight excluding hydrogens is 216 g/mol. The average molecular weight is 223 g/mol. The number of hydrogen-bond acceptors (Lipinski definition) is 2. The summed E-state index contributed by atoms with van der Waals surface area (Å²) in [6.45, 7) is 0. The Morgan fingerprint density at radius 1 is 1.07 bits per heavy atom. The van der Waals surface area contributed by atoms with Crippen LogP contribution in [0.15, 0.2) is 30.0 Å². The first-order valence-corrected chi connectivity index (χ1v) is 4.62. The van der Waals surface area contributed by atoms with E-state index in [1.165, 1.54) is 0 Å². The van der Waals surface area contributed by atoms with Crippen molar-refractivity contribution < 1.29 is 9.59 Å². The van der Waals surface area contributed by atoms with Crippen molar-refractivity contribution in [1.29, 1.82) is 0 Å². The van der Waals surface area contributed by atoms with Crippen LogP contribution in [0.5, 0.6) is 0 Å². The zero-order valence-corrected chi connectivity index (χ0v) is 8.34. The lowest BCUT2D eigenvalue weighted by atomic mass is 10.2. The lowest BCUT2D eigenvalue weighted by molar-refractivity contribution is -0.115. The summed E-state index contributed by atoms with van der Waals surface area (Å²) in [5.74, 6) is -0.421. The maximum absolute atomic E-state index is 11.2. The highest BCUT2D eigenvalue weighted by Crippen LogP contribution is 2.12. The van der Waals surface area contributed by atoms with Gasteiger partial charge >= 0.3 is 6.03 Å². The number of carbonyl (C=O) groups is 2. The molecule has 0 aromatic heterocycles. The van der Waals surface area contributed by atoms with E-state index in [1.54, 1.807) is 30.3 Å². The first-order valence-electron chi connectivity index (χ1n) is 4.25. The summed E-state index contributed by atoms with van der Waals surface area (Å²) in [6, 6.07) is 6.44. The Morgan fingerprint density at radius 2 is 1.73 bits per heavy atom. The molecule has 1 aliphatic rings. The molecule has 0 bridgehead atoms. The third-order valence-corrected chi connectivity index (χ3v) is 2.15. The minimum Gasteiger partial charge on any atom is -0.303 e. The van der Waals surface area contributed by atoms with Gasteiger partial charge in [0.25, 0.3) is 5.91 Å². The largest absolute Gasteiger partial charge is 0.326 e. The highest BCUT2D eigenvalue weighted by atomic mass is 35.5. The van der Waals surface area contributed by atoms with E-state index in [9.17, 15) is 9.59 Å². The zero-order valence-electron chi connectivity index (χ0n) is 7.58. The molecule has 1 fully saturated rings. The Morgan fingerprint density at radius 3 is 2.27 bits per heavy atom. The van der Waals surface area contributed by atoms with E-state index in [0.29, 0.717) is 5.02 Å². The van der Waals surface area contributed by atoms with E-state index >= 15 is 0 Å². The van der Waals surface area contributed by atoms with Gasteiger partial charge in [-0.2, -0.15) is 0 Å². The van der Waals surface area contributed by atoms with Crippen LogP contribution in [0, 0.1) is 0 Å². The molecule has 0 radical (unpaired) electrons. The van der Waals surface area contributed by atoms with E-state index in [-0.39, 0.29) is 5.70 Å². The molecule has 5 heteroatoms. The monoisotopic (exact) mass is 222 g/mol. The lowest BCUT2D eigenvalue weighted by Crippen LogP contribution is -2.22. The SMILES string of the molecule is O=C1NC(=O)/C(=C/c2ccc(Cl)cc2)N1. The number of urea groups is 1. The Bertz CT molecular complexity index is 451. The van der Waals surface area contributed by atoms with Crippen molar-refractivity contribution in [3.05, 3.63) is 40.5 Å². The maximum atomic E-state index is 11.2. The number of nitrogens with one attached hydrogen (secondary N) is 2. The van der Waals surface area contributed by atoms with Gasteiger partial charge in [0.2, 0.25) is 0 Å². The summed E-state index contributed by atoms with van der Waals surface area (Å²) in [6.07, 6.45) is 1.58. The van der Waals surface area contributed by atoms with Crippen molar-refractivity contribution in [2.75, 3.05) is 0 Å². The van der Waals surface area contributed by atoms with E-state index in [1.807, 2.05) is 0 Å². The molecule has 0 atom stereocenters. The van der Waals surface area contributed by atoms with Crippen LogP contribution in [0.4, 0.5) is 4.79 Å². The van der Waals surface area contributed by atoms with Gasteiger partial charge in [0.15, 0.2) is 0 Å². The molecule has 2 rings (SSSR count). The number of rotatable bonds is 1. The minimum absolute atomic E-state index is 0.238. The Balaban J connectivity index is 2.27. The molecule has 0 spiro atoms. The van der Waals surface area contributed by atoms with Crippen molar-refractivity contribution >= 4 is 29.6 Å². The van der Waals surface area contributed by atoms with Gasteiger partial charge in [-0.25, -0.2) is 4.79 Å². The molecule has 1 aromatic rings. The van der Waals surface area contributed by atoms with E-state index in [0.717, 1.165) is 5.56 Å². The molecule has 0 unspecified atom stereocenters. The molecule has 0 saturated carbocycles. The van der Waals surface area contributed by atoms with E-state index in [4.69, 9.17) is 11.6 Å². The third-order valence-electron chi connectivity index (χ3n) is 1.90. The summed E-state index contributed by atoms with van der Waals surface area (Å²) in [4.78, 5) is 22.0. The molecule has 3 amide bonds. The second-order valence-electron chi connectivity index (χ2n) is 3.02. The van der Waals surface area contributed by atoms with Gasteiger partial charge in [-0.3, -0.25) is 10.1 Å². The fourth-order valence-electron chi connectivity index (χ4n) is 1.21. The Hall–Kier alpha value is -1.81. The van der Waals surface area contributed by atoms with Gasteiger partial charge in [0, 0.05) is 5.02 Å². The number of amides is 3. The summed E-state index contributed by atoms with van der Waals surface area (Å²) < 4.78 is 0. The second kappa shape index (κ2) is 3.74. The molecule has 1 aromatic carbocycles. The Kier molecular flexibility index (Phi) is 2.43. The van der Waals surface area contributed by atoms with Crippen LogP contribution < -0.4 is 10.6 Å². The van der Waals surface area contributed by atoms with Crippen LogP contribution in [0.25, 0.3) is 6.08 Å². The summed E-state index contributed by atoms with van der Waals surface area (Å²) in [5, 5.41) is 5.13. The first kappa shape index (κ1) is 9.73. The van der Waals surface area contributed by atoms with Crippen LogP contribution in [-0.4, -0.2) is 11.9 Å². The van der Waals surface area contributed by atoms with Crippen LogP contribution in [0.1, 0.15) is 5.56 Å². The van der Waals surface area contributed by atoms with E-state index in [2.05, 4.69) is 10.6 Å². The van der Waals surface area contributed by atoms with Crippen molar-refractivity contribution in [2.45, 2.75) is 0 Å². The minimum atomic E-state index is -0.500. The molecule has 1 aliphatic heterocycles. The Labute approximate surface area is 90.9 Å². The fourth-order valence-corrected chi connectivity index (χ4v) is 1.33. The molecule has 2 N–H and O–H groups in total. The van der Waals surface area contributed by atoms with Gasteiger partial charge in [-0.15, -0.1) is 0 Å². The topological polar surface area (TPSA) is 58.2 Å². The maximum Gasteiger partial charge on any atom is 0.326 e. The van der Waals surface area contributed by atoms with Crippen molar-refractivity contribution in [1.82, 2.24) is 10.6 Å². The lowest BCUT2D eigenvalue weighted by Gasteiger charge is -1.95. The third kappa shape index (κ3) is 2.16. The average Bonchev–Trinajstić information content (AvgIpc) is 2.49. The number of carbonyl (C=O) groups excluding carboxylic acids is 2. The predicted octanol–water partition coefficient (Wildman–Crippen LogP) is 1.52. The molecular formula is C10H7ClN2O2. The summed E-state index contributed by atoms with van der Waals surface area (Å²) in [7, 11) is 0. The fraction of sp³-hybridized carbons (Fsp3) is 0. The van der Waals surface area contributed by atoms with Crippen molar-refractivity contribution in [2.24, 2.45) is 0 Å².